The lowest BCUT2D eigenvalue weighted by atomic mass is 9.77. The highest BCUT2D eigenvalue weighted by molar-refractivity contribution is 6.74. The van der Waals surface area contributed by atoms with Gasteiger partial charge in [-0.25, -0.2) is 0 Å². The van der Waals surface area contributed by atoms with Crippen LogP contribution in [0.2, 0.25) is 18.1 Å². The summed E-state index contributed by atoms with van der Waals surface area (Å²) in [4.78, 5) is 0. The monoisotopic (exact) mass is 460 g/mol. The van der Waals surface area contributed by atoms with Gasteiger partial charge in [0.25, 0.3) is 0 Å². The van der Waals surface area contributed by atoms with Crippen molar-refractivity contribution < 1.29 is 9.16 Å². The summed E-state index contributed by atoms with van der Waals surface area (Å²) in [7, 11) is -0.193. The third-order valence-corrected chi connectivity index (χ3v) is 11.6. The Morgan fingerprint density at radius 3 is 1.82 bits per heavy atom. The Hall–Kier alpha value is -2.36. The van der Waals surface area contributed by atoms with Crippen molar-refractivity contribution in [1.82, 2.24) is 0 Å². The molecule has 3 heteroatoms. The van der Waals surface area contributed by atoms with Crippen LogP contribution in [-0.4, -0.2) is 22.0 Å². The van der Waals surface area contributed by atoms with E-state index in [4.69, 9.17) is 9.16 Å². The van der Waals surface area contributed by atoms with Crippen molar-refractivity contribution in [2.24, 2.45) is 0 Å². The molecule has 0 aliphatic rings. The highest BCUT2D eigenvalue weighted by Crippen LogP contribution is 2.43. The Balaban J connectivity index is 2.13. The molecule has 3 aromatic rings. The van der Waals surface area contributed by atoms with Gasteiger partial charge in [-0.1, -0.05) is 92.6 Å². The predicted octanol–water partition coefficient (Wildman–Crippen LogP) is 8.25. The molecule has 2 nitrogen and oxygen atoms in total. The first-order valence-electron chi connectivity index (χ1n) is 11.9. The second-order valence-corrected chi connectivity index (χ2v) is 15.6. The summed E-state index contributed by atoms with van der Waals surface area (Å²) in [6, 6.07) is 26.3. The van der Waals surface area contributed by atoms with Crippen LogP contribution in [0.1, 0.15) is 60.4 Å². The van der Waals surface area contributed by atoms with E-state index in [-0.39, 0.29) is 16.9 Å². The van der Waals surface area contributed by atoms with Gasteiger partial charge in [-0.15, -0.1) is 0 Å². The normalized spacial score (nSPS) is 14.1. The van der Waals surface area contributed by atoms with Crippen molar-refractivity contribution in [3.63, 3.8) is 0 Å². The second-order valence-electron chi connectivity index (χ2n) is 10.8. The second kappa shape index (κ2) is 10.3. The van der Waals surface area contributed by atoms with Gasteiger partial charge in [0.2, 0.25) is 0 Å². The standard InChI is InChI=1S/C30H40O2Si/c1-22-18-23(2)20-26(19-22)28(21-32-33(7,8)30(3,4)5)29(24-12-10-9-11-13-24)25-14-16-27(31-6)17-15-25/h9-20,28-29H,21H2,1-8H3/t28-,29-/m0/s1. The van der Waals surface area contributed by atoms with Gasteiger partial charge in [-0.3, -0.25) is 0 Å². The van der Waals surface area contributed by atoms with E-state index in [9.17, 15) is 0 Å². The minimum atomic E-state index is -1.91. The summed E-state index contributed by atoms with van der Waals surface area (Å²) in [6.45, 7) is 16.7. The van der Waals surface area contributed by atoms with Crippen LogP contribution in [0, 0.1) is 13.8 Å². The third kappa shape index (κ3) is 6.16. The lowest BCUT2D eigenvalue weighted by Gasteiger charge is -2.39. The van der Waals surface area contributed by atoms with Crippen molar-refractivity contribution in [3.05, 3.63) is 101 Å². The number of aryl methyl sites for hydroxylation is 2. The number of benzene rings is 3. The SMILES string of the molecule is COc1ccc([C@H](c2ccccc2)[C@@H](CO[Si](C)(C)C(C)(C)C)c2cc(C)cc(C)c2)cc1. The zero-order valence-electron chi connectivity index (χ0n) is 21.6. The molecule has 2 atom stereocenters. The van der Waals surface area contributed by atoms with Gasteiger partial charge in [0, 0.05) is 18.4 Å². The molecule has 3 rings (SSSR count). The summed E-state index contributed by atoms with van der Waals surface area (Å²) in [6.07, 6.45) is 0. The molecule has 0 spiro atoms. The first kappa shape index (κ1) is 25.3. The number of ether oxygens (including phenoxy) is 1. The topological polar surface area (TPSA) is 18.5 Å². The fourth-order valence-corrected chi connectivity index (χ4v) is 5.28. The molecule has 0 saturated heterocycles. The molecule has 0 aliphatic carbocycles. The molecule has 0 heterocycles. The number of methoxy groups -OCH3 is 1. The Morgan fingerprint density at radius 1 is 0.758 bits per heavy atom. The van der Waals surface area contributed by atoms with Crippen molar-refractivity contribution >= 4 is 8.32 Å². The van der Waals surface area contributed by atoms with Crippen LogP contribution < -0.4 is 4.74 Å². The van der Waals surface area contributed by atoms with Crippen molar-refractivity contribution in [2.75, 3.05) is 13.7 Å². The maximum Gasteiger partial charge on any atom is 0.192 e. The van der Waals surface area contributed by atoms with Gasteiger partial charge in [0.15, 0.2) is 8.32 Å². The van der Waals surface area contributed by atoms with E-state index >= 15 is 0 Å². The van der Waals surface area contributed by atoms with Crippen LogP contribution in [0.4, 0.5) is 0 Å². The van der Waals surface area contributed by atoms with Crippen molar-refractivity contribution in [1.29, 1.82) is 0 Å². The van der Waals surface area contributed by atoms with Crippen LogP contribution in [0.15, 0.2) is 72.8 Å². The minimum Gasteiger partial charge on any atom is -0.497 e. The molecular weight excluding hydrogens is 420 g/mol. The summed E-state index contributed by atoms with van der Waals surface area (Å²) in [5.74, 6) is 1.27. The Kier molecular flexibility index (Phi) is 7.87. The molecular formula is C30H40O2Si. The molecule has 0 radical (unpaired) electrons. The van der Waals surface area contributed by atoms with Gasteiger partial charge in [0.05, 0.1) is 7.11 Å². The van der Waals surface area contributed by atoms with E-state index in [2.05, 4.69) is 121 Å². The Morgan fingerprint density at radius 2 is 1.30 bits per heavy atom. The summed E-state index contributed by atoms with van der Waals surface area (Å²) in [5, 5.41) is 0.169. The fraction of sp³-hybridized carbons (Fsp3) is 0.400. The lowest BCUT2D eigenvalue weighted by molar-refractivity contribution is 0.253. The molecule has 33 heavy (non-hydrogen) atoms. The zero-order chi connectivity index (χ0) is 24.2. The van der Waals surface area contributed by atoms with Gasteiger partial charge >= 0.3 is 0 Å². The van der Waals surface area contributed by atoms with E-state index in [1.807, 2.05) is 0 Å². The van der Waals surface area contributed by atoms with Crippen molar-refractivity contribution in [2.45, 2.75) is 64.6 Å². The third-order valence-electron chi connectivity index (χ3n) is 7.14. The molecule has 0 aromatic heterocycles. The molecule has 3 aromatic carbocycles. The first-order chi connectivity index (χ1) is 15.5. The average Bonchev–Trinajstić information content (AvgIpc) is 2.76. The van der Waals surface area contributed by atoms with Gasteiger partial charge in [-0.2, -0.15) is 0 Å². The minimum absolute atomic E-state index is 0.169. The van der Waals surface area contributed by atoms with E-state index in [0.717, 1.165) is 5.75 Å². The quantitative estimate of drug-likeness (QED) is 0.315. The first-order valence-corrected chi connectivity index (χ1v) is 14.8. The molecule has 0 fully saturated rings. The molecule has 0 saturated carbocycles. The fourth-order valence-electron chi connectivity index (χ4n) is 4.25. The predicted molar refractivity (Wildman–Crippen MR) is 143 cm³/mol. The molecule has 0 unspecified atom stereocenters. The molecule has 176 valence electrons. The van der Waals surface area contributed by atoms with Crippen LogP contribution in [0.25, 0.3) is 0 Å². The summed E-state index contributed by atoms with van der Waals surface area (Å²) in [5.41, 5.74) is 6.53. The van der Waals surface area contributed by atoms with Crippen LogP contribution in [-0.2, 0) is 4.43 Å². The van der Waals surface area contributed by atoms with Gasteiger partial charge < -0.3 is 9.16 Å². The Labute approximate surface area is 202 Å². The summed E-state index contributed by atoms with van der Waals surface area (Å²) < 4.78 is 12.3. The molecule has 0 aliphatic heterocycles. The van der Waals surface area contributed by atoms with Crippen LogP contribution >= 0.6 is 0 Å². The van der Waals surface area contributed by atoms with E-state index in [1.54, 1.807) is 7.11 Å². The van der Waals surface area contributed by atoms with E-state index < -0.39 is 8.32 Å². The van der Waals surface area contributed by atoms with Gasteiger partial charge in [0.1, 0.15) is 5.75 Å². The Bertz CT molecular complexity index is 1010. The summed E-state index contributed by atoms with van der Waals surface area (Å²) >= 11 is 0. The lowest BCUT2D eigenvalue weighted by Crippen LogP contribution is -2.42. The number of rotatable bonds is 8. The van der Waals surface area contributed by atoms with Crippen molar-refractivity contribution in [3.8, 4) is 5.75 Å². The van der Waals surface area contributed by atoms with Crippen LogP contribution in [0.5, 0.6) is 5.75 Å². The smallest absolute Gasteiger partial charge is 0.192 e. The molecule has 0 amide bonds. The number of hydrogen-bond donors (Lipinski definition) is 0. The molecule has 0 bridgehead atoms. The average molecular weight is 461 g/mol. The molecule has 0 N–H and O–H groups in total. The highest BCUT2D eigenvalue weighted by atomic mass is 28.4. The maximum atomic E-state index is 6.87. The van der Waals surface area contributed by atoms with Gasteiger partial charge in [-0.05, 0) is 60.8 Å². The largest absolute Gasteiger partial charge is 0.497 e. The van der Waals surface area contributed by atoms with E-state index in [1.165, 1.54) is 27.8 Å². The van der Waals surface area contributed by atoms with Crippen LogP contribution in [0.3, 0.4) is 0 Å². The maximum absolute atomic E-state index is 6.87. The zero-order valence-corrected chi connectivity index (χ0v) is 22.6. The van der Waals surface area contributed by atoms with E-state index in [0.29, 0.717) is 6.61 Å². The highest BCUT2D eigenvalue weighted by Gasteiger charge is 2.39. The number of hydrogen-bond acceptors (Lipinski definition) is 2.